The highest BCUT2D eigenvalue weighted by Gasteiger charge is 2.23. The molecule has 0 radical (unpaired) electrons. The predicted molar refractivity (Wildman–Crippen MR) is 52.4 cm³/mol. The van der Waals surface area contributed by atoms with E-state index in [1.54, 1.807) is 12.4 Å². The molecule has 0 aliphatic carbocycles. The molecule has 0 aliphatic heterocycles. The maximum Gasteiger partial charge on any atom is 0.0451 e. The average molecular weight is 180 g/mol. The van der Waals surface area contributed by atoms with Crippen molar-refractivity contribution in [3.63, 3.8) is 0 Å². The number of pyridine rings is 1. The molecular weight excluding hydrogens is 164 g/mol. The first-order chi connectivity index (χ1) is 6.23. The summed E-state index contributed by atoms with van der Waals surface area (Å²) in [5.74, 6) is 0. The summed E-state index contributed by atoms with van der Waals surface area (Å²) in [6, 6.07) is 3.93. The molecule has 0 fully saturated rings. The van der Waals surface area contributed by atoms with Gasteiger partial charge in [-0.3, -0.25) is 4.98 Å². The van der Waals surface area contributed by atoms with Gasteiger partial charge in [-0.2, -0.15) is 0 Å². The van der Waals surface area contributed by atoms with E-state index in [1.807, 2.05) is 19.2 Å². The van der Waals surface area contributed by atoms with Crippen LogP contribution in [-0.2, 0) is 5.54 Å². The largest absolute Gasteiger partial charge is 0.396 e. The molecule has 13 heavy (non-hydrogen) atoms. The number of hydrogen-bond donors (Lipinski definition) is 2. The van der Waals surface area contributed by atoms with Crippen molar-refractivity contribution in [1.82, 2.24) is 10.3 Å². The van der Waals surface area contributed by atoms with E-state index >= 15 is 0 Å². The molecule has 2 N–H and O–H groups in total. The molecule has 1 aromatic rings. The molecule has 3 nitrogen and oxygen atoms in total. The molecule has 0 saturated carbocycles. The zero-order valence-corrected chi connectivity index (χ0v) is 8.12. The molecule has 72 valence electrons. The summed E-state index contributed by atoms with van der Waals surface area (Å²) in [6.45, 7) is 2.25. The van der Waals surface area contributed by atoms with Crippen molar-refractivity contribution in [1.29, 1.82) is 0 Å². The molecule has 0 spiro atoms. The van der Waals surface area contributed by atoms with E-state index < -0.39 is 0 Å². The number of nitrogens with zero attached hydrogens (tertiary/aromatic N) is 1. The molecule has 0 aromatic carbocycles. The first-order valence-electron chi connectivity index (χ1n) is 4.43. The van der Waals surface area contributed by atoms with Gasteiger partial charge < -0.3 is 10.4 Å². The van der Waals surface area contributed by atoms with Gasteiger partial charge in [-0.25, -0.2) is 0 Å². The summed E-state index contributed by atoms with van der Waals surface area (Å²) in [5.41, 5.74) is 0.997. The number of aliphatic hydroxyl groups is 1. The fourth-order valence-corrected chi connectivity index (χ4v) is 1.36. The summed E-state index contributed by atoms with van der Waals surface area (Å²) < 4.78 is 0. The van der Waals surface area contributed by atoms with E-state index in [2.05, 4.69) is 17.2 Å². The van der Waals surface area contributed by atoms with Gasteiger partial charge in [-0.15, -0.1) is 0 Å². The van der Waals surface area contributed by atoms with Crippen LogP contribution in [0.25, 0.3) is 0 Å². The minimum absolute atomic E-state index is 0.155. The molecule has 1 heterocycles. The Morgan fingerprint density at radius 3 is 2.54 bits per heavy atom. The summed E-state index contributed by atoms with van der Waals surface area (Å²) >= 11 is 0. The van der Waals surface area contributed by atoms with Crippen LogP contribution in [0, 0.1) is 0 Å². The van der Waals surface area contributed by atoms with Gasteiger partial charge in [0.25, 0.3) is 0 Å². The molecule has 1 unspecified atom stereocenters. The van der Waals surface area contributed by atoms with Gasteiger partial charge >= 0.3 is 0 Å². The van der Waals surface area contributed by atoms with Crippen LogP contribution in [0.1, 0.15) is 18.9 Å². The smallest absolute Gasteiger partial charge is 0.0451 e. The zero-order chi connectivity index (χ0) is 9.73. The Bertz CT molecular complexity index is 250. The van der Waals surface area contributed by atoms with Gasteiger partial charge in [0, 0.05) is 24.5 Å². The molecule has 3 heteroatoms. The summed E-state index contributed by atoms with van der Waals surface area (Å²) in [6.07, 6.45) is 4.23. The van der Waals surface area contributed by atoms with Crippen molar-refractivity contribution in [3.8, 4) is 0 Å². The first kappa shape index (κ1) is 10.2. The quantitative estimate of drug-likeness (QED) is 0.723. The fourth-order valence-electron chi connectivity index (χ4n) is 1.36. The average Bonchev–Trinajstić information content (AvgIpc) is 2.19. The maximum absolute atomic E-state index is 8.94. The van der Waals surface area contributed by atoms with Crippen LogP contribution in [-0.4, -0.2) is 23.7 Å². The Morgan fingerprint density at radius 1 is 1.46 bits per heavy atom. The van der Waals surface area contributed by atoms with Crippen LogP contribution in [0.15, 0.2) is 24.5 Å². The van der Waals surface area contributed by atoms with Crippen molar-refractivity contribution < 1.29 is 5.11 Å². The third-order valence-corrected chi connectivity index (χ3v) is 2.48. The van der Waals surface area contributed by atoms with Crippen molar-refractivity contribution in [2.45, 2.75) is 18.9 Å². The number of aromatic nitrogens is 1. The Balaban J connectivity index is 2.89. The Hall–Kier alpha value is -0.930. The molecule has 1 atom stereocenters. The van der Waals surface area contributed by atoms with E-state index in [0.717, 1.165) is 5.56 Å². The minimum atomic E-state index is -0.155. The first-order valence-corrected chi connectivity index (χ1v) is 4.43. The van der Waals surface area contributed by atoms with Crippen LogP contribution in [0.2, 0.25) is 0 Å². The van der Waals surface area contributed by atoms with Crippen molar-refractivity contribution in [2.24, 2.45) is 0 Å². The van der Waals surface area contributed by atoms with E-state index in [-0.39, 0.29) is 12.1 Å². The van der Waals surface area contributed by atoms with Crippen LogP contribution in [0.4, 0.5) is 0 Å². The van der Waals surface area contributed by atoms with Gasteiger partial charge in [0.2, 0.25) is 0 Å². The lowest BCUT2D eigenvalue weighted by Gasteiger charge is -2.28. The number of aliphatic hydroxyl groups excluding tert-OH is 1. The van der Waals surface area contributed by atoms with Crippen molar-refractivity contribution >= 4 is 0 Å². The van der Waals surface area contributed by atoms with Crippen molar-refractivity contribution in [3.05, 3.63) is 30.1 Å². The Kier molecular flexibility index (Phi) is 3.39. The van der Waals surface area contributed by atoms with Crippen molar-refractivity contribution in [2.75, 3.05) is 13.7 Å². The molecular formula is C10H16N2O. The lowest BCUT2D eigenvalue weighted by molar-refractivity contribution is 0.228. The maximum atomic E-state index is 8.94. The molecule has 0 saturated heterocycles. The monoisotopic (exact) mass is 180 g/mol. The molecule has 0 bridgehead atoms. The van der Waals surface area contributed by atoms with Crippen LogP contribution < -0.4 is 5.32 Å². The second-order valence-electron chi connectivity index (χ2n) is 3.29. The third kappa shape index (κ3) is 2.26. The van der Waals surface area contributed by atoms with Gasteiger partial charge in [-0.05, 0) is 38.1 Å². The fraction of sp³-hybridized carbons (Fsp3) is 0.500. The highest BCUT2D eigenvalue weighted by Crippen LogP contribution is 2.22. The van der Waals surface area contributed by atoms with E-state index in [1.165, 1.54) is 0 Å². The summed E-state index contributed by atoms with van der Waals surface area (Å²) in [4.78, 5) is 3.96. The highest BCUT2D eigenvalue weighted by molar-refractivity contribution is 5.20. The summed E-state index contributed by atoms with van der Waals surface area (Å²) in [5, 5.41) is 12.1. The van der Waals surface area contributed by atoms with Crippen LogP contribution in [0.5, 0.6) is 0 Å². The second-order valence-corrected chi connectivity index (χ2v) is 3.29. The molecule has 0 amide bonds. The van der Waals surface area contributed by atoms with Gasteiger partial charge in [0.05, 0.1) is 0 Å². The normalized spacial score (nSPS) is 15.3. The predicted octanol–water partition coefficient (Wildman–Crippen LogP) is 0.899. The zero-order valence-electron chi connectivity index (χ0n) is 8.12. The highest BCUT2D eigenvalue weighted by atomic mass is 16.3. The molecule has 1 aromatic heterocycles. The number of rotatable bonds is 4. The van der Waals surface area contributed by atoms with Gasteiger partial charge in [0.15, 0.2) is 0 Å². The third-order valence-electron chi connectivity index (χ3n) is 2.48. The van der Waals surface area contributed by atoms with Crippen LogP contribution in [0.3, 0.4) is 0 Å². The van der Waals surface area contributed by atoms with Gasteiger partial charge in [0.1, 0.15) is 0 Å². The number of hydrogen-bond acceptors (Lipinski definition) is 3. The lowest BCUT2D eigenvalue weighted by atomic mass is 9.90. The SMILES string of the molecule is CNC(C)(CCO)c1ccncc1. The van der Waals surface area contributed by atoms with E-state index in [4.69, 9.17) is 5.11 Å². The Morgan fingerprint density at radius 2 is 2.08 bits per heavy atom. The number of nitrogens with one attached hydrogen (secondary N) is 1. The summed E-state index contributed by atoms with van der Waals surface area (Å²) in [7, 11) is 1.90. The second kappa shape index (κ2) is 4.35. The van der Waals surface area contributed by atoms with E-state index in [9.17, 15) is 0 Å². The minimum Gasteiger partial charge on any atom is -0.396 e. The topological polar surface area (TPSA) is 45.1 Å². The van der Waals surface area contributed by atoms with Crippen LogP contribution >= 0.6 is 0 Å². The van der Waals surface area contributed by atoms with Gasteiger partial charge in [-0.1, -0.05) is 0 Å². The lowest BCUT2D eigenvalue weighted by Crippen LogP contribution is -2.37. The molecule has 0 aliphatic rings. The standard InChI is InChI=1S/C10H16N2O/c1-10(11-2,5-8-13)9-3-6-12-7-4-9/h3-4,6-7,11,13H,5,8H2,1-2H3. The van der Waals surface area contributed by atoms with E-state index in [0.29, 0.717) is 6.42 Å². The Labute approximate surface area is 78.8 Å². The molecule has 1 rings (SSSR count).